The van der Waals surface area contributed by atoms with Crippen molar-refractivity contribution in [2.24, 2.45) is 5.41 Å². The van der Waals surface area contributed by atoms with E-state index in [-0.39, 0.29) is 0 Å². The molecular formula is C16H22BrNO2. The number of piperidine rings is 1. The van der Waals surface area contributed by atoms with Crippen LogP contribution in [0, 0.1) is 5.41 Å². The highest BCUT2D eigenvalue weighted by molar-refractivity contribution is 9.10. The van der Waals surface area contributed by atoms with Crippen LogP contribution in [0.4, 0.5) is 5.69 Å². The topological polar surface area (TPSA) is 40.5 Å². The molecule has 0 bridgehead atoms. The van der Waals surface area contributed by atoms with E-state index in [1.165, 1.54) is 24.9 Å². The van der Waals surface area contributed by atoms with Crippen LogP contribution in [0.25, 0.3) is 0 Å². The summed E-state index contributed by atoms with van der Waals surface area (Å²) in [4.78, 5) is 13.6. The van der Waals surface area contributed by atoms with E-state index in [0.29, 0.717) is 6.42 Å². The average Bonchev–Trinajstić information content (AvgIpc) is 2.39. The Labute approximate surface area is 129 Å². The van der Waals surface area contributed by atoms with Gasteiger partial charge in [-0.15, -0.1) is 0 Å². The molecule has 0 spiro atoms. The molecule has 1 heterocycles. The third kappa shape index (κ3) is 3.54. The highest BCUT2D eigenvalue weighted by Crippen LogP contribution is 2.31. The van der Waals surface area contributed by atoms with E-state index in [9.17, 15) is 9.90 Å². The lowest BCUT2D eigenvalue weighted by molar-refractivity contribution is -0.146. The maximum Gasteiger partial charge on any atom is 0.309 e. The number of halogens is 1. The first kappa shape index (κ1) is 15.4. The van der Waals surface area contributed by atoms with Crippen LogP contribution >= 0.6 is 15.9 Å². The van der Waals surface area contributed by atoms with Crippen molar-refractivity contribution in [3.8, 4) is 0 Å². The Hall–Kier alpha value is -1.03. The summed E-state index contributed by atoms with van der Waals surface area (Å²) in [6.45, 7) is 5.75. The van der Waals surface area contributed by atoms with Crippen molar-refractivity contribution in [3.05, 3.63) is 28.2 Å². The van der Waals surface area contributed by atoms with Crippen LogP contribution in [-0.4, -0.2) is 24.2 Å². The molecule has 1 fully saturated rings. The molecule has 110 valence electrons. The summed E-state index contributed by atoms with van der Waals surface area (Å²) < 4.78 is 1.07. The average molecular weight is 340 g/mol. The van der Waals surface area contributed by atoms with Gasteiger partial charge in [-0.05, 0) is 73.2 Å². The predicted molar refractivity (Wildman–Crippen MR) is 85.3 cm³/mol. The van der Waals surface area contributed by atoms with Crippen LogP contribution in [0.1, 0.15) is 38.7 Å². The lowest BCUT2D eigenvalue weighted by Crippen LogP contribution is -2.29. The number of aliphatic carboxylic acids is 1. The van der Waals surface area contributed by atoms with Crippen LogP contribution in [0.2, 0.25) is 0 Å². The van der Waals surface area contributed by atoms with Crippen molar-refractivity contribution < 1.29 is 9.90 Å². The lowest BCUT2D eigenvalue weighted by Gasteiger charge is -2.30. The second kappa shape index (κ2) is 6.17. The number of rotatable bonds is 4. The molecule has 1 aromatic rings. The molecule has 0 aromatic heterocycles. The van der Waals surface area contributed by atoms with Crippen molar-refractivity contribution in [3.63, 3.8) is 0 Å². The minimum absolute atomic E-state index is 0.543. The van der Waals surface area contributed by atoms with Crippen molar-refractivity contribution in [1.82, 2.24) is 0 Å². The van der Waals surface area contributed by atoms with Gasteiger partial charge in [0.15, 0.2) is 0 Å². The molecule has 0 aliphatic carbocycles. The molecule has 1 saturated heterocycles. The van der Waals surface area contributed by atoms with Gasteiger partial charge in [0.2, 0.25) is 0 Å². The number of hydrogen-bond acceptors (Lipinski definition) is 2. The first-order valence-electron chi connectivity index (χ1n) is 7.17. The summed E-state index contributed by atoms with van der Waals surface area (Å²) in [6, 6.07) is 6.23. The Morgan fingerprint density at radius 3 is 2.50 bits per heavy atom. The second-order valence-corrected chi connectivity index (χ2v) is 7.05. The Balaban J connectivity index is 2.15. The summed E-state index contributed by atoms with van der Waals surface area (Å²) in [7, 11) is 0. The molecule has 4 heteroatoms. The van der Waals surface area contributed by atoms with Gasteiger partial charge in [-0.3, -0.25) is 4.79 Å². The van der Waals surface area contributed by atoms with Gasteiger partial charge in [0.05, 0.1) is 11.1 Å². The Morgan fingerprint density at radius 1 is 1.30 bits per heavy atom. The van der Waals surface area contributed by atoms with E-state index in [1.54, 1.807) is 13.8 Å². The summed E-state index contributed by atoms with van der Waals surface area (Å²) in [6.07, 6.45) is 4.36. The van der Waals surface area contributed by atoms with E-state index < -0.39 is 11.4 Å². The van der Waals surface area contributed by atoms with Crippen LogP contribution in [-0.2, 0) is 11.2 Å². The molecule has 1 aliphatic heterocycles. The van der Waals surface area contributed by atoms with Crippen LogP contribution in [0.15, 0.2) is 22.7 Å². The number of anilines is 1. The van der Waals surface area contributed by atoms with E-state index in [1.807, 2.05) is 0 Å². The molecule has 1 N–H and O–H groups in total. The standard InChI is InChI=1S/C16H22BrNO2/c1-16(2,15(19)20)11-12-6-7-14(13(17)10-12)18-8-4-3-5-9-18/h6-7,10H,3-5,8-9,11H2,1-2H3,(H,19,20). The predicted octanol–water partition coefficient (Wildman–Crippen LogP) is 4.09. The molecule has 0 unspecified atom stereocenters. The first-order valence-corrected chi connectivity index (χ1v) is 7.96. The fourth-order valence-corrected chi connectivity index (χ4v) is 3.31. The van der Waals surface area contributed by atoms with Crippen LogP contribution < -0.4 is 4.90 Å². The van der Waals surface area contributed by atoms with Gasteiger partial charge in [0.25, 0.3) is 0 Å². The molecule has 0 atom stereocenters. The van der Waals surface area contributed by atoms with Gasteiger partial charge in [-0.2, -0.15) is 0 Å². The van der Waals surface area contributed by atoms with Crippen molar-refractivity contribution >= 4 is 27.6 Å². The summed E-state index contributed by atoms with van der Waals surface area (Å²) in [5.74, 6) is -0.756. The van der Waals surface area contributed by atoms with Crippen LogP contribution in [0.5, 0.6) is 0 Å². The molecule has 20 heavy (non-hydrogen) atoms. The minimum Gasteiger partial charge on any atom is -0.481 e. The van der Waals surface area contributed by atoms with E-state index in [4.69, 9.17) is 0 Å². The summed E-state index contributed by atoms with van der Waals surface area (Å²) in [5.41, 5.74) is 1.55. The zero-order valence-electron chi connectivity index (χ0n) is 12.2. The fraction of sp³-hybridized carbons (Fsp3) is 0.562. The van der Waals surface area contributed by atoms with Gasteiger partial charge >= 0.3 is 5.97 Å². The molecule has 2 rings (SSSR count). The van der Waals surface area contributed by atoms with Gasteiger partial charge in [-0.1, -0.05) is 6.07 Å². The normalized spacial score (nSPS) is 16.2. The molecule has 1 aliphatic rings. The van der Waals surface area contributed by atoms with E-state index in [0.717, 1.165) is 23.1 Å². The number of nitrogens with zero attached hydrogens (tertiary/aromatic N) is 1. The molecular weight excluding hydrogens is 318 g/mol. The monoisotopic (exact) mass is 339 g/mol. The quantitative estimate of drug-likeness (QED) is 0.897. The number of benzene rings is 1. The van der Waals surface area contributed by atoms with Gasteiger partial charge < -0.3 is 10.0 Å². The van der Waals surface area contributed by atoms with Gasteiger partial charge in [0, 0.05) is 17.6 Å². The van der Waals surface area contributed by atoms with Crippen LogP contribution in [0.3, 0.4) is 0 Å². The highest BCUT2D eigenvalue weighted by atomic mass is 79.9. The molecule has 0 amide bonds. The van der Waals surface area contributed by atoms with Gasteiger partial charge in [0.1, 0.15) is 0 Å². The molecule has 1 aromatic carbocycles. The zero-order valence-corrected chi connectivity index (χ0v) is 13.7. The number of carboxylic acid groups (broad SMARTS) is 1. The molecule has 0 saturated carbocycles. The zero-order chi connectivity index (χ0) is 14.8. The summed E-state index contributed by atoms with van der Waals surface area (Å²) >= 11 is 3.64. The first-order chi connectivity index (χ1) is 9.40. The van der Waals surface area contributed by atoms with E-state index in [2.05, 4.69) is 39.0 Å². The third-order valence-electron chi connectivity index (χ3n) is 3.93. The maximum absolute atomic E-state index is 11.2. The summed E-state index contributed by atoms with van der Waals surface area (Å²) in [5, 5.41) is 9.21. The Kier molecular flexibility index (Phi) is 4.74. The largest absolute Gasteiger partial charge is 0.481 e. The minimum atomic E-state index is -0.756. The number of carboxylic acids is 1. The fourth-order valence-electron chi connectivity index (χ4n) is 2.64. The number of hydrogen-bond donors (Lipinski definition) is 1. The number of carbonyl (C=O) groups is 1. The van der Waals surface area contributed by atoms with Gasteiger partial charge in [-0.25, -0.2) is 0 Å². The smallest absolute Gasteiger partial charge is 0.309 e. The molecule has 0 radical (unpaired) electrons. The molecule has 3 nitrogen and oxygen atoms in total. The van der Waals surface area contributed by atoms with E-state index >= 15 is 0 Å². The van der Waals surface area contributed by atoms with Crippen molar-refractivity contribution in [1.29, 1.82) is 0 Å². The SMILES string of the molecule is CC(C)(Cc1ccc(N2CCCCC2)c(Br)c1)C(=O)O. The Bertz CT molecular complexity index is 493. The second-order valence-electron chi connectivity index (χ2n) is 6.20. The lowest BCUT2D eigenvalue weighted by atomic mass is 9.86. The van der Waals surface area contributed by atoms with Crippen molar-refractivity contribution in [2.75, 3.05) is 18.0 Å². The van der Waals surface area contributed by atoms with Crippen molar-refractivity contribution in [2.45, 2.75) is 39.5 Å². The highest BCUT2D eigenvalue weighted by Gasteiger charge is 2.27. The third-order valence-corrected chi connectivity index (χ3v) is 4.57. The Morgan fingerprint density at radius 2 is 1.95 bits per heavy atom. The maximum atomic E-state index is 11.2.